The van der Waals surface area contributed by atoms with Crippen molar-refractivity contribution < 1.29 is 28.7 Å². The molecule has 0 spiro atoms. The number of nitrogens with zero attached hydrogens (tertiary/aromatic N) is 1. The zero-order valence-corrected chi connectivity index (χ0v) is 22.3. The van der Waals surface area contributed by atoms with Crippen LogP contribution in [0.1, 0.15) is 78.6 Å². The van der Waals surface area contributed by atoms with Gasteiger partial charge in [0.1, 0.15) is 17.7 Å². The Balaban J connectivity index is 1.70. The van der Waals surface area contributed by atoms with E-state index in [1.807, 2.05) is 0 Å². The molecule has 0 aromatic rings. The van der Waals surface area contributed by atoms with E-state index in [0.29, 0.717) is 31.7 Å². The number of rotatable bonds is 11. The molecule has 0 bridgehead atoms. The Kier molecular flexibility index (Phi) is 9.73. The lowest BCUT2D eigenvalue weighted by molar-refractivity contribution is -0.143. The van der Waals surface area contributed by atoms with Crippen LogP contribution in [0.4, 0.5) is 4.79 Å². The van der Waals surface area contributed by atoms with Crippen molar-refractivity contribution in [3.05, 3.63) is 12.7 Å². The average molecular weight is 519 g/mol. The van der Waals surface area contributed by atoms with Gasteiger partial charge in [-0.25, -0.2) is 4.79 Å². The normalized spacial score (nSPS) is 21.6. The minimum Gasteiger partial charge on any atom is -0.444 e. The SMILES string of the molecule is C=CCNC(=O)C(=O)C(CC1CC1)NC(=O)[C@@H]1CCCN1C(=O)C(NC(=O)OC(C)(C)C)C1CCCC1. The number of Topliss-reactive ketones (excluding diaryl/α,β-unsaturated/α-hetero) is 1. The maximum absolute atomic E-state index is 13.7. The van der Waals surface area contributed by atoms with Crippen molar-refractivity contribution in [2.24, 2.45) is 11.8 Å². The number of ketones is 1. The first-order chi connectivity index (χ1) is 17.5. The van der Waals surface area contributed by atoms with Crippen LogP contribution in [0.5, 0.6) is 0 Å². The lowest BCUT2D eigenvalue weighted by Crippen LogP contribution is -2.58. The van der Waals surface area contributed by atoms with Crippen molar-refractivity contribution >= 4 is 29.6 Å². The molecule has 10 nitrogen and oxygen atoms in total. The van der Waals surface area contributed by atoms with Crippen molar-refractivity contribution in [1.29, 1.82) is 0 Å². The molecule has 1 aliphatic heterocycles. The van der Waals surface area contributed by atoms with Crippen LogP contribution in [-0.4, -0.2) is 71.3 Å². The van der Waals surface area contributed by atoms with E-state index in [-0.39, 0.29) is 18.4 Å². The van der Waals surface area contributed by atoms with Gasteiger partial charge in [0, 0.05) is 13.1 Å². The van der Waals surface area contributed by atoms with Gasteiger partial charge in [0.25, 0.3) is 5.91 Å². The Morgan fingerprint density at radius 1 is 1.00 bits per heavy atom. The first-order valence-corrected chi connectivity index (χ1v) is 13.5. The Morgan fingerprint density at radius 3 is 2.27 bits per heavy atom. The molecule has 0 aromatic heterocycles. The highest BCUT2D eigenvalue weighted by molar-refractivity contribution is 6.38. The summed E-state index contributed by atoms with van der Waals surface area (Å²) in [6, 6.07) is -2.48. The van der Waals surface area contributed by atoms with Crippen LogP contribution < -0.4 is 16.0 Å². The molecule has 4 amide bonds. The van der Waals surface area contributed by atoms with Crippen LogP contribution in [0, 0.1) is 11.8 Å². The summed E-state index contributed by atoms with van der Waals surface area (Å²) in [5.41, 5.74) is -0.704. The zero-order valence-electron chi connectivity index (χ0n) is 22.3. The second-order valence-corrected chi connectivity index (χ2v) is 11.5. The number of alkyl carbamates (subject to hydrolysis) is 1. The van der Waals surface area contributed by atoms with E-state index in [9.17, 15) is 24.0 Å². The fourth-order valence-corrected chi connectivity index (χ4v) is 5.18. The van der Waals surface area contributed by atoms with Gasteiger partial charge in [-0.2, -0.15) is 0 Å². The quantitative estimate of drug-likeness (QED) is 0.284. The van der Waals surface area contributed by atoms with Crippen LogP contribution in [0.25, 0.3) is 0 Å². The largest absolute Gasteiger partial charge is 0.444 e. The van der Waals surface area contributed by atoms with Crippen molar-refractivity contribution in [2.45, 2.75) is 102 Å². The van der Waals surface area contributed by atoms with E-state index in [1.54, 1.807) is 20.8 Å². The van der Waals surface area contributed by atoms with E-state index in [0.717, 1.165) is 38.5 Å². The zero-order chi connectivity index (χ0) is 27.2. The Bertz CT molecular complexity index is 888. The molecule has 10 heteroatoms. The summed E-state index contributed by atoms with van der Waals surface area (Å²) in [5, 5.41) is 8.03. The summed E-state index contributed by atoms with van der Waals surface area (Å²) in [7, 11) is 0. The first-order valence-electron chi connectivity index (χ1n) is 13.5. The highest BCUT2D eigenvalue weighted by Crippen LogP contribution is 2.34. The molecule has 0 radical (unpaired) electrons. The van der Waals surface area contributed by atoms with Crippen molar-refractivity contribution in [2.75, 3.05) is 13.1 Å². The maximum atomic E-state index is 13.7. The van der Waals surface area contributed by atoms with Gasteiger partial charge in [0.2, 0.25) is 17.6 Å². The van der Waals surface area contributed by atoms with E-state index >= 15 is 0 Å². The number of hydrogen-bond donors (Lipinski definition) is 3. The molecule has 3 N–H and O–H groups in total. The molecule has 2 unspecified atom stereocenters. The molecule has 3 aliphatic rings. The molecule has 0 aromatic carbocycles. The van der Waals surface area contributed by atoms with E-state index in [2.05, 4.69) is 22.5 Å². The summed E-state index contributed by atoms with van der Waals surface area (Å²) < 4.78 is 5.41. The van der Waals surface area contributed by atoms with Gasteiger partial charge in [-0.05, 0) is 64.7 Å². The van der Waals surface area contributed by atoms with Gasteiger partial charge >= 0.3 is 6.09 Å². The summed E-state index contributed by atoms with van der Waals surface area (Å²) in [6.07, 6.45) is 7.82. The highest BCUT2D eigenvalue weighted by Gasteiger charge is 2.43. The molecule has 3 atom stereocenters. The number of carbonyl (C=O) groups excluding carboxylic acids is 5. The predicted molar refractivity (Wildman–Crippen MR) is 137 cm³/mol. The number of likely N-dealkylation sites (tertiary alicyclic amines) is 1. The molecule has 206 valence electrons. The van der Waals surface area contributed by atoms with Gasteiger partial charge in [-0.3, -0.25) is 19.2 Å². The van der Waals surface area contributed by atoms with Gasteiger partial charge in [-0.1, -0.05) is 31.8 Å². The maximum Gasteiger partial charge on any atom is 0.408 e. The molecular formula is C27H42N4O6. The third kappa shape index (κ3) is 8.30. The van der Waals surface area contributed by atoms with Crippen LogP contribution in [0.2, 0.25) is 0 Å². The monoisotopic (exact) mass is 518 g/mol. The minimum absolute atomic E-state index is 0.0259. The van der Waals surface area contributed by atoms with E-state index in [4.69, 9.17) is 4.74 Å². The highest BCUT2D eigenvalue weighted by atomic mass is 16.6. The fourth-order valence-electron chi connectivity index (χ4n) is 5.18. The lowest BCUT2D eigenvalue weighted by atomic mass is 9.96. The minimum atomic E-state index is -0.937. The fraction of sp³-hybridized carbons (Fsp3) is 0.741. The van der Waals surface area contributed by atoms with Crippen molar-refractivity contribution in [1.82, 2.24) is 20.9 Å². The smallest absolute Gasteiger partial charge is 0.408 e. The molecule has 1 saturated heterocycles. The molecule has 2 aliphatic carbocycles. The Morgan fingerprint density at radius 2 is 1.68 bits per heavy atom. The number of nitrogens with one attached hydrogen (secondary N) is 3. The average Bonchev–Trinajstić information content (AvgIpc) is 3.27. The van der Waals surface area contributed by atoms with Crippen LogP contribution in [0.3, 0.4) is 0 Å². The standard InChI is InChI=1S/C27H42N4O6/c1-5-14-28-24(34)22(32)19(16-17-12-13-17)29-23(33)20-11-8-15-31(20)25(35)21(18-9-6-7-10-18)30-26(36)37-27(2,3)4/h5,17-21H,1,6-16H2,2-4H3,(H,28,34)(H,29,33)(H,30,36)/t19?,20-,21?/m0/s1. The molecule has 1 heterocycles. The van der Waals surface area contributed by atoms with E-state index < -0.39 is 47.4 Å². The second-order valence-electron chi connectivity index (χ2n) is 11.5. The molecule has 3 fully saturated rings. The van der Waals surface area contributed by atoms with Gasteiger partial charge in [0.05, 0.1) is 6.04 Å². The van der Waals surface area contributed by atoms with Crippen molar-refractivity contribution in [3.8, 4) is 0 Å². The van der Waals surface area contributed by atoms with Crippen molar-refractivity contribution in [3.63, 3.8) is 0 Å². The summed E-state index contributed by atoms with van der Waals surface area (Å²) >= 11 is 0. The van der Waals surface area contributed by atoms with Crippen LogP contribution in [-0.2, 0) is 23.9 Å². The van der Waals surface area contributed by atoms with E-state index in [1.165, 1.54) is 11.0 Å². The van der Waals surface area contributed by atoms with Crippen LogP contribution in [0.15, 0.2) is 12.7 Å². The van der Waals surface area contributed by atoms with Gasteiger partial charge in [0.15, 0.2) is 0 Å². The lowest BCUT2D eigenvalue weighted by Gasteiger charge is -2.32. The molecule has 37 heavy (non-hydrogen) atoms. The van der Waals surface area contributed by atoms with Gasteiger partial charge in [-0.15, -0.1) is 6.58 Å². The number of carbonyl (C=O) groups is 5. The third-order valence-corrected chi connectivity index (χ3v) is 7.18. The second kappa shape index (κ2) is 12.6. The number of ether oxygens (including phenoxy) is 1. The summed E-state index contributed by atoms with van der Waals surface area (Å²) in [6.45, 7) is 9.36. The molecule has 3 rings (SSSR count). The molecular weight excluding hydrogens is 476 g/mol. The third-order valence-electron chi connectivity index (χ3n) is 7.18. The Labute approximate surface area is 219 Å². The first kappa shape index (κ1) is 28.7. The summed E-state index contributed by atoms with van der Waals surface area (Å²) in [4.78, 5) is 66.2. The molecule has 2 saturated carbocycles. The number of amides is 4. The number of hydrogen-bond acceptors (Lipinski definition) is 6. The Hall–Kier alpha value is -2.91. The summed E-state index contributed by atoms with van der Waals surface area (Å²) in [5.74, 6) is -1.91. The van der Waals surface area contributed by atoms with Gasteiger partial charge < -0.3 is 25.6 Å². The van der Waals surface area contributed by atoms with Crippen LogP contribution >= 0.6 is 0 Å². The predicted octanol–water partition coefficient (Wildman–Crippen LogP) is 2.22. The topological polar surface area (TPSA) is 134 Å².